The number of nitrogens with one attached hydrogen (secondary N) is 1. The van der Waals surface area contributed by atoms with Gasteiger partial charge in [0, 0.05) is 17.5 Å². The fourth-order valence-electron chi connectivity index (χ4n) is 2.38. The van der Waals surface area contributed by atoms with Crippen LogP contribution in [0.25, 0.3) is 10.9 Å². The van der Waals surface area contributed by atoms with Crippen LogP contribution in [0.1, 0.15) is 16.1 Å². The molecule has 0 saturated carbocycles. The molecule has 1 aromatic carbocycles. The lowest BCUT2D eigenvalue weighted by molar-refractivity contribution is 0.103. The molecule has 0 bridgehead atoms. The zero-order valence-corrected chi connectivity index (χ0v) is 13.0. The minimum absolute atomic E-state index is 0.167. The second-order valence-corrected chi connectivity index (χ2v) is 4.89. The highest BCUT2D eigenvalue weighted by molar-refractivity contribution is 6.11. The van der Waals surface area contributed by atoms with E-state index in [1.54, 1.807) is 50.7 Å². The maximum Gasteiger partial charge on any atom is 0.213 e. The van der Waals surface area contributed by atoms with Gasteiger partial charge in [0.25, 0.3) is 0 Å². The number of rotatable bonds is 5. The molecule has 3 rings (SSSR count). The van der Waals surface area contributed by atoms with Gasteiger partial charge in [-0.1, -0.05) is 0 Å². The maximum absolute atomic E-state index is 12.7. The fourth-order valence-corrected chi connectivity index (χ4v) is 2.38. The number of ether oxygens (including phenoxy) is 3. The Kier molecular flexibility index (Phi) is 3.89. The van der Waals surface area contributed by atoms with Gasteiger partial charge in [-0.15, -0.1) is 0 Å². The molecule has 0 radical (unpaired) electrons. The molecule has 0 saturated heterocycles. The van der Waals surface area contributed by atoms with Crippen LogP contribution in [0.5, 0.6) is 17.4 Å². The number of carbonyl (C=O) groups excluding carboxylic acids is 1. The van der Waals surface area contributed by atoms with Gasteiger partial charge < -0.3 is 19.2 Å². The van der Waals surface area contributed by atoms with Crippen LogP contribution in [0.4, 0.5) is 0 Å². The van der Waals surface area contributed by atoms with Crippen LogP contribution < -0.4 is 14.2 Å². The van der Waals surface area contributed by atoms with Gasteiger partial charge in [-0.3, -0.25) is 4.79 Å². The predicted octanol–water partition coefficient (Wildman–Crippen LogP) is 2.82. The third-order valence-electron chi connectivity index (χ3n) is 3.59. The summed E-state index contributed by atoms with van der Waals surface area (Å²) in [5, 5.41) is 0.854. The Morgan fingerprint density at radius 1 is 1.04 bits per heavy atom. The molecular weight excluding hydrogens is 296 g/mol. The summed E-state index contributed by atoms with van der Waals surface area (Å²) < 4.78 is 15.5. The average Bonchev–Trinajstić information content (AvgIpc) is 3.03. The van der Waals surface area contributed by atoms with Gasteiger partial charge in [0.15, 0.2) is 0 Å². The molecule has 2 aromatic heterocycles. The van der Waals surface area contributed by atoms with E-state index in [0.717, 1.165) is 10.9 Å². The molecule has 6 heteroatoms. The zero-order valence-electron chi connectivity index (χ0n) is 13.0. The summed E-state index contributed by atoms with van der Waals surface area (Å²) in [5.74, 6) is 1.42. The van der Waals surface area contributed by atoms with E-state index >= 15 is 0 Å². The van der Waals surface area contributed by atoms with Crippen molar-refractivity contribution in [2.45, 2.75) is 0 Å². The Labute approximate surface area is 133 Å². The Hall–Kier alpha value is -3.02. The minimum atomic E-state index is -0.167. The number of hydrogen-bond donors (Lipinski definition) is 1. The summed E-state index contributed by atoms with van der Waals surface area (Å²) in [5.41, 5.74) is 1.68. The number of methoxy groups -OCH3 is 3. The lowest BCUT2D eigenvalue weighted by Gasteiger charge is -2.08. The molecule has 0 amide bonds. The smallest absolute Gasteiger partial charge is 0.213 e. The second-order valence-electron chi connectivity index (χ2n) is 4.89. The van der Waals surface area contributed by atoms with E-state index in [1.807, 2.05) is 0 Å². The van der Waals surface area contributed by atoms with Crippen molar-refractivity contribution < 1.29 is 19.0 Å². The van der Waals surface area contributed by atoms with E-state index in [9.17, 15) is 4.79 Å². The Morgan fingerprint density at radius 3 is 2.57 bits per heavy atom. The van der Waals surface area contributed by atoms with Gasteiger partial charge in [0.05, 0.1) is 44.3 Å². The maximum atomic E-state index is 12.7. The van der Waals surface area contributed by atoms with Crippen LogP contribution in [-0.4, -0.2) is 37.1 Å². The quantitative estimate of drug-likeness (QED) is 0.733. The van der Waals surface area contributed by atoms with Crippen LogP contribution in [0.2, 0.25) is 0 Å². The summed E-state index contributed by atoms with van der Waals surface area (Å²) in [4.78, 5) is 19.9. The SMILES string of the molecule is COc1ccc(C(=O)c2cc3cc(OC)ncc3[nH]2)c(OC)c1. The van der Waals surface area contributed by atoms with Crippen molar-refractivity contribution in [3.05, 3.63) is 47.8 Å². The third kappa shape index (κ3) is 2.70. The number of carbonyl (C=O) groups is 1. The molecule has 0 unspecified atom stereocenters. The monoisotopic (exact) mass is 312 g/mol. The van der Waals surface area contributed by atoms with Crippen LogP contribution in [0, 0.1) is 0 Å². The fraction of sp³-hybridized carbons (Fsp3) is 0.176. The van der Waals surface area contributed by atoms with E-state index in [2.05, 4.69) is 9.97 Å². The van der Waals surface area contributed by atoms with E-state index in [-0.39, 0.29) is 5.78 Å². The normalized spacial score (nSPS) is 10.6. The molecular formula is C17H16N2O4. The first-order valence-corrected chi connectivity index (χ1v) is 6.95. The number of fused-ring (bicyclic) bond motifs is 1. The molecule has 0 aliphatic rings. The van der Waals surface area contributed by atoms with Crippen molar-refractivity contribution in [2.24, 2.45) is 0 Å². The van der Waals surface area contributed by atoms with E-state index in [1.165, 1.54) is 7.11 Å². The summed E-state index contributed by atoms with van der Waals surface area (Å²) in [6.07, 6.45) is 1.64. The predicted molar refractivity (Wildman–Crippen MR) is 85.6 cm³/mol. The Bertz CT molecular complexity index is 870. The zero-order chi connectivity index (χ0) is 16.4. The number of hydrogen-bond acceptors (Lipinski definition) is 5. The van der Waals surface area contributed by atoms with Gasteiger partial charge in [0.2, 0.25) is 11.7 Å². The summed E-state index contributed by atoms with van der Waals surface area (Å²) in [6.45, 7) is 0. The highest BCUT2D eigenvalue weighted by atomic mass is 16.5. The largest absolute Gasteiger partial charge is 0.497 e. The minimum Gasteiger partial charge on any atom is -0.497 e. The van der Waals surface area contributed by atoms with Crippen molar-refractivity contribution in [3.8, 4) is 17.4 Å². The van der Waals surface area contributed by atoms with Crippen molar-refractivity contribution in [1.29, 1.82) is 0 Å². The summed E-state index contributed by atoms with van der Waals surface area (Å²) in [6, 6.07) is 8.63. The van der Waals surface area contributed by atoms with Crippen LogP contribution in [0.15, 0.2) is 36.5 Å². The molecule has 1 N–H and O–H groups in total. The Balaban J connectivity index is 2.03. The van der Waals surface area contributed by atoms with E-state index in [4.69, 9.17) is 14.2 Å². The van der Waals surface area contributed by atoms with E-state index < -0.39 is 0 Å². The second kappa shape index (κ2) is 6.00. The van der Waals surface area contributed by atoms with Gasteiger partial charge >= 0.3 is 0 Å². The number of aromatic amines is 1. The number of aromatic nitrogens is 2. The van der Waals surface area contributed by atoms with Crippen molar-refractivity contribution >= 4 is 16.7 Å². The van der Waals surface area contributed by atoms with Crippen molar-refractivity contribution in [1.82, 2.24) is 9.97 Å². The number of benzene rings is 1. The molecule has 0 atom stereocenters. The lowest BCUT2D eigenvalue weighted by Crippen LogP contribution is -2.04. The van der Waals surface area contributed by atoms with Crippen molar-refractivity contribution in [2.75, 3.05) is 21.3 Å². The molecule has 118 valence electrons. The van der Waals surface area contributed by atoms with Gasteiger partial charge in [-0.05, 0) is 18.2 Å². The number of pyridine rings is 1. The van der Waals surface area contributed by atoms with Crippen LogP contribution >= 0.6 is 0 Å². The molecule has 23 heavy (non-hydrogen) atoms. The highest BCUT2D eigenvalue weighted by Gasteiger charge is 2.17. The topological polar surface area (TPSA) is 73.4 Å². The first-order valence-electron chi connectivity index (χ1n) is 6.95. The number of H-pyrrole nitrogens is 1. The molecule has 0 aliphatic carbocycles. The lowest BCUT2D eigenvalue weighted by atomic mass is 10.1. The Morgan fingerprint density at radius 2 is 1.87 bits per heavy atom. The first-order chi connectivity index (χ1) is 11.2. The summed E-state index contributed by atoms with van der Waals surface area (Å²) >= 11 is 0. The molecule has 0 aliphatic heterocycles. The summed E-state index contributed by atoms with van der Waals surface area (Å²) in [7, 11) is 4.63. The van der Waals surface area contributed by atoms with Gasteiger partial charge in [-0.2, -0.15) is 0 Å². The molecule has 0 fully saturated rings. The van der Waals surface area contributed by atoms with E-state index in [0.29, 0.717) is 28.6 Å². The van der Waals surface area contributed by atoms with Crippen LogP contribution in [-0.2, 0) is 0 Å². The first kappa shape index (κ1) is 14.9. The molecule has 2 heterocycles. The highest BCUT2D eigenvalue weighted by Crippen LogP contribution is 2.28. The van der Waals surface area contributed by atoms with Crippen molar-refractivity contribution in [3.63, 3.8) is 0 Å². The third-order valence-corrected chi connectivity index (χ3v) is 3.59. The average molecular weight is 312 g/mol. The molecule has 3 aromatic rings. The van der Waals surface area contributed by atoms with Crippen LogP contribution in [0.3, 0.4) is 0 Å². The standard InChI is InChI=1S/C17H16N2O4/c1-21-11-4-5-12(15(8-11)22-2)17(20)13-6-10-7-16(23-3)18-9-14(10)19-13/h4-9,19H,1-3H3. The van der Waals surface area contributed by atoms with Gasteiger partial charge in [-0.25, -0.2) is 4.98 Å². The molecule has 0 spiro atoms. The molecule has 6 nitrogen and oxygen atoms in total. The number of ketones is 1. The number of nitrogens with zero attached hydrogens (tertiary/aromatic N) is 1. The van der Waals surface area contributed by atoms with Gasteiger partial charge in [0.1, 0.15) is 11.5 Å².